The summed E-state index contributed by atoms with van der Waals surface area (Å²) in [6, 6.07) is 1.91. The van der Waals surface area contributed by atoms with Crippen LogP contribution in [0.1, 0.15) is 46.5 Å². The van der Waals surface area contributed by atoms with E-state index in [0.717, 1.165) is 51.3 Å². The van der Waals surface area contributed by atoms with Crippen molar-refractivity contribution in [1.29, 1.82) is 0 Å². The molecule has 1 heterocycles. The fourth-order valence-corrected chi connectivity index (χ4v) is 2.50. The molecule has 7 heteroatoms. The number of guanidine groups is 1. The van der Waals surface area contributed by atoms with Crippen molar-refractivity contribution in [2.75, 3.05) is 19.6 Å². The standard InChI is InChI=1S/C16H31N5O.HI/c1-4-8-16(22,9-5-2)14-19-15(17-6-3)18-11-13-21-12-7-10-20-21;/h7,10,12,22H,4-6,8-9,11,13-14H2,1-3H3,(H2,17,18,19);1H. The molecule has 134 valence electrons. The van der Waals surface area contributed by atoms with Crippen LogP contribution in [-0.4, -0.2) is 46.1 Å². The first-order chi connectivity index (χ1) is 10.6. The van der Waals surface area contributed by atoms with E-state index in [1.54, 1.807) is 6.20 Å². The Bertz CT molecular complexity index is 416. The lowest BCUT2D eigenvalue weighted by molar-refractivity contribution is 0.0306. The predicted octanol–water partition coefficient (Wildman–Crippen LogP) is 2.39. The van der Waals surface area contributed by atoms with Gasteiger partial charge < -0.3 is 15.7 Å². The van der Waals surface area contributed by atoms with Gasteiger partial charge in [0.2, 0.25) is 0 Å². The Morgan fingerprint density at radius 1 is 1.22 bits per heavy atom. The maximum atomic E-state index is 10.6. The maximum Gasteiger partial charge on any atom is 0.191 e. The molecule has 0 unspecified atom stereocenters. The summed E-state index contributed by atoms with van der Waals surface area (Å²) >= 11 is 0. The zero-order valence-electron chi connectivity index (χ0n) is 14.6. The van der Waals surface area contributed by atoms with E-state index in [4.69, 9.17) is 0 Å². The number of aliphatic imine (C=N–C) groups is 1. The molecule has 3 N–H and O–H groups in total. The monoisotopic (exact) mass is 437 g/mol. The van der Waals surface area contributed by atoms with E-state index in [1.165, 1.54) is 0 Å². The average Bonchev–Trinajstić information content (AvgIpc) is 2.99. The van der Waals surface area contributed by atoms with Crippen LogP contribution < -0.4 is 10.6 Å². The van der Waals surface area contributed by atoms with Crippen molar-refractivity contribution in [1.82, 2.24) is 20.4 Å². The number of halogens is 1. The van der Waals surface area contributed by atoms with E-state index >= 15 is 0 Å². The van der Waals surface area contributed by atoms with E-state index in [9.17, 15) is 5.11 Å². The van der Waals surface area contributed by atoms with Crippen molar-refractivity contribution in [2.45, 2.75) is 58.6 Å². The van der Waals surface area contributed by atoms with Crippen LogP contribution in [0, 0.1) is 0 Å². The third-order valence-corrected chi connectivity index (χ3v) is 3.50. The molecule has 0 aromatic carbocycles. The summed E-state index contributed by atoms with van der Waals surface area (Å²) in [5.74, 6) is 0.750. The Morgan fingerprint density at radius 2 is 1.91 bits per heavy atom. The van der Waals surface area contributed by atoms with Gasteiger partial charge in [0, 0.05) is 25.5 Å². The Morgan fingerprint density at radius 3 is 2.43 bits per heavy atom. The Labute approximate surface area is 157 Å². The first kappa shape index (κ1) is 22.2. The molecule has 0 aliphatic heterocycles. The first-order valence-electron chi connectivity index (χ1n) is 8.35. The molecule has 0 aliphatic rings. The van der Waals surface area contributed by atoms with E-state index in [1.807, 2.05) is 23.9 Å². The van der Waals surface area contributed by atoms with Gasteiger partial charge in [0.25, 0.3) is 0 Å². The smallest absolute Gasteiger partial charge is 0.191 e. The van der Waals surface area contributed by atoms with Gasteiger partial charge in [0.15, 0.2) is 5.96 Å². The van der Waals surface area contributed by atoms with Gasteiger partial charge >= 0.3 is 0 Å². The van der Waals surface area contributed by atoms with E-state index in [-0.39, 0.29) is 24.0 Å². The zero-order valence-corrected chi connectivity index (χ0v) is 16.9. The zero-order chi connectivity index (χ0) is 16.3. The molecule has 0 amide bonds. The van der Waals surface area contributed by atoms with Gasteiger partial charge in [-0.25, -0.2) is 0 Å². The highest BCUT2D eigenvalue weighted by Gasteiger charge is 2.24. The minimum absolute atomic E-state index is 0. The summed E-state index contributed by atoms with van der Waals surface area (Å²) in [6.07, 6.45) is 7.22. The molecule has 0 fully saturated rings. The molecule has 0 saturated carbocycles. The molecule has 1 aromatic heterocycles. The highest BCUT2D eigenvalue weighted by molar-refractivity contribution is 14.0. The number of nitrogens with zero attached hydrogens (tertiary/aromatic N) is 3. The summed E-state index contributed by atoms with van der Waals surface area (Å²) in [6.45, 7) is 8.99. The summed E-state index contributed by atoms with van der Waals surface area (Å²) in [5, 5.41) is 21.3. The molecule has 0 atom stereocenters. The van der Waals surface area contributed by atoms with E-state index < -0.39 is 5.60 Å². The van der Waals surface area contributed by atoms with Crippen LogP contribution in [0.4, 0.5) is 0 Å². The van der Waals surface area contributed by atoms with Crippen LogP contribution >= 0.6 is 24.0 Å². The van der Waals surface area contributed by atoms with Gasteiger partial charge in [-0.1, -0.05) is 26.7 Å². The van der Waals surface area contributed by atoms with Crippen molar-refractivity contribution in [2.24, 2.45) is 4.99 Å². The number of nitrogens with one attached hydrogen (secondary N) is 2. The number of rotatable bonds is 10. The lowest BCUT2D eigenvalue weighted by atomic mass is 9.93. The van der Waals surface area contributed by atoms with Crippen LogP contribution in [0.25, 0.3) is 0 Å². The Kier molecular flexibility index (Phi) is 12.1. The number of aromatic nitrogens is 2. The molecule has 6 nitrogen and oxygen atoms in total. The van der Waals surface area contributed by atoms with Crippen LogP contribution in [0.3, 0.4) is 0 Å². The molecule has 1 aromatic rings. The first-order valence-corrected chi connectivity index (χ1v) is 8.35. The Balaban J connectivity index is 0.00000484. The molecule has 0 bridgehead atoms. The number of hydrogen-bond acceptors (Lipinski definition) is 3. The molecular formula is C16H32IN5O. The fraction of sp³-hybridized carbons (Fsp3) is 0.750. The molecule has 0 saturated heterocycles. The van der Waals surface area contributed by atoms with Crippen molar-refractivity contribution < 1.29 is 5.11 Å². The van der Waals surface area contributed by atoms with Crippen molar-refractivity contribution >= 4 is 29.9 Å². The quantitative estimate of drug-likeness (QED) is 0.299. The molecule has 0 radical (unpaired) electrons. The number of hydrogen-bond donors (Lipinski definition) is 3. The third-order valence-electron chi connectivity index (χ3n) is 3.50. The third kappa shape index (κ3) is 9.14. The second-order valence-electron chi connectivity index (χ2n) is 5.62. The second-order valence-corrected chi connectivity index (χ2v) is 5.62. The van der Waals surface area contributed by atoms with Gasteiger partial charge in [-0.05, 0) is 25.8 Å². The van der Waals surface area contributed by atoms with Gasteiger partial charge in [-0.15, -0.1) is 24.0 Å². The van der Waals surface area contributed by atoms with Crippen LogP contribution in [-0.2, 0) is 6.54 Å². The largest absolute Gasteiger partial charge is 0.388 e. The van der Waals surface area contributed by atoms with Crippen LogP contribution in [0.2, 0.25) is 0 Å². The maximum absolute atomic E-state index is 10.6. The Hall–Kier alpha value is -0.830. The van der Waals surface area contributed by atoms with Gasteiger partial charge in [-0.2, -0.15) is 5.10 Å². The van der Waals surface area contributed by atoms with Gasteiger partial charge in [-0.3, -0.25) is 9.67 Å². The minimum Gasteiger partial charge on any atom is -0.388 e. The predicted molar refractivity (Wildman–Crippen MR) is 106 cm³/mol. The SMILES string of the molecule is CCCC(O)(CCC)CN=C(NCC)NCCn1cccn1.I. The van der Waals surface area contributed by atoms with Crippen LogP contribution in [0.5, 0.6) is 0 Å². The summed E-state index contributed by atoms with van der Waals surface area (Å²) in [4.78, 5) is 4.56. The summed E-state index contributed by atoms with van der Waals surface area (Å²) < 4.78 is 1.88. The minimum atomic E-state index is -0.687. The molecular weight excluding hydrogens is 405 g/mol. The molecule has 0 aliphatic carbocycles. The van der Waals surface area contributed by atoms with E-state index in [2.05, 4.69) is 34.6 Å². The molecule has 1 rings (SSSR count). The summed E-state index contributed by atoms with van der Waals surface area (Å²) in [7, 11) is 0. The molecule has 0 spiro atoms. The van der Waals surface area contributed by atoms with Crippen LogP contribution in [0.15, 0.2) is 23.5 Å². The van der Waals surface area contributed by atoms with Crippen molar-refractivity contribution in [3.63, 3.8) is 0 Å². The molecule has 23 heavy (non-hydrogen) atoms. The summed E-state index contributed by atoms with van der Waals surface area (Å²) in [5.41, 5.74) is -0.687. The van der Waals surface area contributed by atoms with Gasteiger partial charge in [0.05, 0.1) is 18.7 Å². The number of aliphatic hydroxyl groups is 1. The average molecular weight is 437 g/mol. The lowest BCUT2D eigenvalue weighted by Gasteiger charge is -2.26. The van der Waals surface area contributed by atoms with Crippen molar-refractivity contribution in [3.05, 3.63) is 18.5 Å². The lowest BCUT2D eigenvalue weighted by Crippen LogP contribution is -2.41. The van der Waals surface area contributed by atoms with E-state index in [0.29, 0.717) is 6.54 Å². The highest BCUT2D eigenvalue weighted by Crippen LogP contribution is 2.19. The normalized spacial score (nSPS) is 11.9. The van der Waals surface area contributed by atoms with Gasteiger partial charge in [0.1, 0.15) is 0 Å². The fourth-order valence-electron chi connectivity index (χ4n) is 2.50. The highest BCUT2D eigenvalue weighted by atomic mass is 127. The van der Waals surface area contributed by atoms with Crippen molar-refractivity contribution in [3.8, 4) is 0 Å². The second kappa shape index (κ2) is 12.6. The topological polar surface area (TPSA) is 74.5 Å².